The highest BCUT2D eigenvalue weighted by atomic mass is 16.5. The van der Waals surface area contributed by atoms with Crippen LogP contribution in [0.4, 0.5) is 4.79 Å². The van der Waals surface area contributed by atoms with Crippen LogP contribution in [0.2, 0.25) is 0 Å². The Morgan fingerprint density at radius 1 is 0.829 bits per heavy atom. The van der Waals surface area contributed by atoms with Crippen LogP contribution < -0.4 is 21.3 Å². The molecule has 4 N–H and O–H groups in total. The molecule has 0 fully saturated rings. The van der Waals surface area contributed by atoms with Gasteiger partial charge >= 0.3 is 6.09 Å². The molecule has 0 aliphatic rings. The van der Waals surface area contributed by atoms with E-state index in [0.29, 0.717) is 12.7 Å². The summed E-state index contributed by atoms with van der Waals surface area (Å²) in [7, 11) is 1.18. The van der Waals surface area contributed by atoms with E-state index >= 15 is 0 Å². The number of ether oxygens (including phenoxy) is 1. The van der Waals surface area contributed by atoms with E-state index in [0.717, 1.165) is 11.1 Å². The van der Waals surface area contributed by atoms with Crippen molar-refractivity contribution in [2.24, 2.45) is 0 Å². The lowest BCUT2D eigenvalue weighted by Gasteiger charge is -2.19. The van der Waals surface area contributed by atoms with Gasteiger partial charge in [-0.2, -0.15) is 0 Å². The third kappa shape index (κ3) is 9.66. The Morgan fingerprint density at radius 3 is 1.94 bits per heavy atom. The van der Waals surface area contributed by atoms with E-state index in [1.165, 1.54) is 14.0 Å². The molecule has 0 spiro atoms. The first kappa shape index (κ1) is 27.0. The molecule has 0 saturated carbocycles. The molecule has 4 amide bonds. The van der Waals surface area contributed by atoms with E-state index in [-0.39, 0.29) is 6.42 Å². The van der Waals surface area contributed by atoms with Crippen LogP contribution in [0.1, 0.15) is 18.1 Å². The minimum atomic E-state index is -0.968. The Labute approximate surface area is 203 Å². The number of nitrogens with one attached hydrogen (secondary N) is 4. The molecule has 0 aliphatic carbocycles. The Balaban J connectivity index is 1.85. The third-order valence-corrected chi connectivity index (χ3v) is 5.06. The van der Waals surface area contributed by atoms with Crippen molar-refractivity contribution in [3.05, 3.63) is 71.8 Å². The van der Waals surface area contributed by atoms with Crippen molar-refractivity contribution in [2.75, 3.05) is 13.7 Å². The van der Waals surface area contributed by atoms with Crippen molar-refractivity contribution < 1.29 is 28.7 Å². The summed E-state index contributed by atoms with van der Waals surface area (Å²) in [4.78, 5) is 60.3. The Hall–Kier alpha value is -4.21. The standard InChI is InChI=1S/C25H30N4O6/c1-17(23(32)28-20(16-30)13-18-9-5-3-6-10-18)27-22(31)15-26-24(33)21(29-25(34)35-2)14-19-11-7-4-8-12-19/h3-12,16-17,20-21H,13-15H2,1-2H3,(H,26,33)(H,27,31)(H,28,32)(H,29,34)/t17-,20-,21-/m0/s1. The van der Waals surface area contributed by atoms with Crippen LogP contribution in [0, 0.1) is 0 Å². The SMILES string of the molecule is COC(=O)N[C@@H](Cc1ccccc1)C(=O)NCC(=O)N[C@@H](C)C(=O)N[C@H](C=O)Cc1ccccc1. The van der Waals surface area contributed by atoms with Crippen molar-refractivity contribution >= 4 is 30.1 Å². The van der Waals surface area contributed by atoms with Crippen LogP contribution in [0.5, 0.6) is 0 Å². The van der Waals surface area contributed by atoms with Gasteiger partial charge in [-0.1, -0.05) is 60.7 Å². The first-order valence-corrected chi connectivity index (χ1v) is 11.1. The van der Waals surface area contributed by atoms with Gasteiger partial charge in [0.05, 0.1) is 19.7 Å². The number of carbonyl (C=O) groups is 5. The largest absolute Gasteiger partial charge is 0.453 e. The smallest absolute Gasteiger partial charge is 0.407 e. The number of hydrogen-bond acceptors (Lipinski definition) is 6. The molecule has 3 atom stereocenters. The maximum Gasteiger partial charge on any atom is 0.407 e. The quantitative estimate of drug-likeness (QED) is 0.325. The van der Waals surface area contributed by atoms with Gasteiger partial charge in [-0.25, -0.2) is 4.79 Å². The average molecular weight is 483 g/mol. The normalized spacial score (nSPS) is 12.9. The van der Waals surface area contributed by atoms with E-state index < -0.39 is 48.5 Å². The van der Waals surface area contributed by atoms with Gasteiger partial charge in [-0.15, -0.1) is 0 Å². The molecule has 0 saturated heterocycles. The van der Waals surface area contributed by atoms with E-state index in [9.17, 15) is 24.0 Å². The number of alkyl carbamates (subject to hydrolysis) is 1. The van der Waals surface area contributed by atoms with Crippen molar-refractivity contribution in [1.82, 2.24) is 21.3 Å². The molecule has 10 nitrogen and oxygen atoms in total. The van der Waals surface area contributed by atoms with E-state index in [1.807, 2.05) is 36.4 Å². The summed E-state index contributed by atoms with van der Waals surface area (Å²) in [5.74, 6) is -1.73. The molecule has 35 heavy (non-hydrogen) atoms. The Bertz CT molecular complexity index is 1000. The zero-order valence-electron chi connectivity index (χ0n) is 19.7. The molecule has 0 aliphatic heterocycles. The van der Waals surface area contributed by atoms with Crippen molar-refractivity contribution in [1.29, 1.82) is 0 Å². The lowest BCUT2D eigenvalue weighted by molar-refractivity contribution is -0.130. The predicted molar refractivity (Wildman–Crippen MR) is 128 cm³/mol. The molecular weight excluding hydrogens is 452 g/mol. The molecular formula is C25H30N4O6. The molecule has 2 rings (SSSR count). The summed E-state index contributed by atoms with van der Waals surface area (Å²) < 4.78 is 4.57. The highest BCUT2D eigenvalue weighted by Crippen LogP contribution is 2.04. The monoisotopic (exact) mass is 482 g/mol. The summed E-state index contributed by atoms with van der Waals surface area (Å²) in [6, 6.07) is 15.6. The summed E-state index contributed by atoms with van der Waals surface area (Å²) in [5, 5.41) is 9.96. The molecule has 2 aromatic carbocycles. The highest BCUT2D eigenvalue weighted by Gasteiger charge is 2.23. The molecule has 186 valence electrons. The lowest BCUT2D eigenvalue weighted by Crippen LogP contribution is -2.53. The zero-order valence-corrected chi connectivity index (χ0v) is 19.7. The summed E-state index contributed by atoms with van der Waals surface area (Å²) >= 11 is 0. The van der Waals surface area contributed by atoms with E-state index in [2.05, 4.69) is 26.0 Å². The van der Waals surface area contributed by atoms with E-state index in [1.54, 1.807) is 24.3 Å². The van der Waals surface area contributed by atoms with Crippen LogP contribution >= 0.6 is 0 Å². The summed E-state index contributed by atoms with van der Waals surface area (Å²) in [6.45, 7) is 1.06. The number of carbonyl (C=O) groups excluding carboxylic acids is 5. The third-order valence-electron chi connectivity index (χ3n) is 5.06. The van der Waals surface area contributed by atoms with Crippen molar-refractivity contribution in [3.63, 3.8) is 0 Å². The van der Waals surface area contributed by atoms with Crippen molar-refractivity contribution in [2.45, 2.75) is 37.9 Å². The fourth-order valence-corrected chi connectivity index (χ4v) is 3.22. The topological polar surface area (TPSA) is 143 Å². The predicted octanol–water partition coefficient (Wildman–Crippen LogP) is 0.501. The minimum Gasteiger partial charge on any atom is -0.453 e. The Kier molecular flexibility index (Phi) is 10.9. The fourth-order valence-electron chi connectivity index (χ4n) is 3.22. The van der Waals surface area contributed by atoms with Crippen molar-refractivity contribution in [3.8, 4) is 0 Å². The maximum absolute atomic E-state index is 12.6. The number of hydrogen-bond donors (Lipinski definition) is 4. The van der Waals surface area contributed by atoms with Crippen LogP contribution in [0.15, 0.2) is 60.7 Å². The second-order valence-corrected chi connectivity index (χ2v) is 7.83. The van der Waals surface area contributed by atoms with Crippen LogP contribution in [0.3, 0.4) is 0 Å². The first-order valence-electron chi connectivity index (χ1n) is 11.1. The molecule has 0 heterocycles. The maximum atomic E-state index is 12.6. The first-order chi connectivity index (χ1) is 16.8. The number of methoxy groups -OCH3 is 1. The molecule has 0 aromatic heterocycles. The van der Waals surface area contributed by atoms with Gasteiger partial charge in [0.2, 0.25) is 17.7 Å². The highest BCUT2D eigenvalue weighted by molar-refractivity contribution is 5.92. The number of benzene rings is 2. The second-order valence-electron chi connectivity index (χ2n) is 7.83. The van der Waals surface area contributed by atoms with Crippen LogP contribution in [-0.2, 0) is 36.8 Å². The van der Waals surface area contributed by atoms with Gasteiger partial charge in [0, 0.05) is 6.42 Å². The van der Waals surface area contributed by atoms with Gasteiger partial charge in [0.1, 0.15) is 18.4 Å². The molecule has 0 unspecified atom stereocenters. The lowest BCUT2D eigenvalue weighted by atomic mass is 10.1. The molecule has 2 aromatic rings. The van der Waals surface area contributed by atoms with Crippen LogP contribution in [0.25, 0.3) is 0 Å². The van der Waals surface area contributed by atoms with Gasteiger partial charge < -0.3 is 30.8 Å². The fraction of sp³-hybridized carbons (Fsp3) is 0.320. The molecule has 0 radical (unpaired) electrons. The summed E-state index contributed by atoms with van der Waals surface area (Å²) in [6.07, 6.45) is 0.372. The summed E-state index contributed by atoms with van der Waals surface area (Å²) in [5.41, 5.74) is 1.69. The molecule has 10 heteroatoms. The Morgan fingerprint density at radius 2 is 1.40 bits per heavy atom. The van der Waals surface area contributed by atoms with Gasteiger partial charge in [0.15, 0.2) is 0 Å². The average Bonchev–Trinajstić information content (AvgIpc) is 2.87. The van der Waals surface area contributed by atoms with Gasteiger partial charge in [-0.05, 0) is 24.5 Å². The van der Waals surface area contributed by atoms with Gasteiger partial charge in [0.25, 0.3) is 0 Å². The number of amides is 4. The van der Waals surface area contributed by atoms with Gasteiger partial charge in [-0.3, -0.25) is 14.4 Å². The number of aldehydes is 1. The second kappa shape index (κ2) is 14.1. The zero-order chi connectivity index (χ0) is 25.6. The minimum absolute atomic E-state index is 0.191. The molecule has 0 bridgehead atoms. The van der Waals surface area contributed by atoms with E-state index in [4.69, 9.17) is 0 Å². The number of rotatable bonds is 12. The van der Waals surface area contributed by atoms with Crippen LogP contribution in [-0.4, -0.2) is 61.9 Å².